The Kier molecular flexibility index (Phi) is 5.39. The lowest BCUT2D eigenvalue weighted by Crippen LogP contribution is -2.42. The highest BCUT2D eigenvalue weighted by molar-refractivity contribution is 6.13. The van der Waals surface area contributed by atoms with Crippen LogP contribution in [0.4, 0.5) is 5.69 Å². The molecule has 158 valence electrons. The van der Waals surface area contributed by atoms with Gasteiger partial charge in [0, 0.05) is 17.5 Å². The molecule has 0 aliphatic carbocycles. The molecule has 0 bridgehead atoms. The Morgan fingerprint density at radius 3 is 2.57 bits per heavy atom. The monoisotopic (exact) mass is 409 g/mol. The predicted octanol–water partition coefficient (Wildman–Crippen LogP) is 4.45. The molecule has 2 amide bonds. The van der Waals surface area contributed by atoms with Crippen LogP contribution in [0.2, 0.25) is 0 Å². The van der Waals surface area contributed by atoms with E-state index in [2.05, 4.69) is 24.1 Å². The van der Waals surface area contributed by atoms with Crippen LogP contribution in [0.3, 0.4) is 0 Å². The number of furan rings is 2. The lowest BCUT2D eigenvalue weighted by molar-refractivity contribution is 0.0853. The fourth-order valence-electron chi connectivity index (χ4n) is 4.23. The third-order valence-corrected chi connectivity index (χ3v) is 5.91. The van der Waals surface area contributed by atoms with Gasteiger partial charge >= 0.3 is 0 Å². The van der Waals surface area contributed by atoms with Gasteiger partial charge in [0.2, 0.25) is 5.76 Å². The summed E-state index contributed by atoms with van der Waals surface area (Å²) in [6, 6.07) is 9.91. The number of hydrogen-bond acceptors (Lipinski definition) is 5. The molecule has 2 aromatic heterocycles. The number of hydrogen-bond donors (Lipinski definition) is 2. The Morgan fingerprint density at radius 2 is 1.87 bits per heavy atom. The third kappa shape index (κ3) is 3.85. The van der Waals surface area contributed by atoms with Gasteiger partial charge in [-0.25, -0.2) is 0 Å². The molecule has 1 aliphatic rings. The number of carbonyl (C=O) groups is 2. The lowest BCUT2D eigenvalue weighted by Gasteiger charge is -2.38. The van der Waals surface area contributed by atoms with E-state index in [1.54, 1.807) is 18.2 Å². The van der Waals surface area contributed by atoms with Crippen LogP contribution in [0, 0.1) is 6.92 Å². The molecule has 2 unspecified atom stereocenters. The molecule has 7 nitrogen and oxygen atoms in total. The van der Waals surface area contributed by atoms with Crippen molar-refractivity contribution in [3.63, 3.8) is 0 Å². The number of nitrogens with two attached hydrogens (primary N) is 1. The molecule has 0 radical (unpaired) electrons. The van der Waals surface area contributed by atoms with Crippen molar-refractivity contribution in [1.29, 1.82) is 0 Å². The molecule has 1 aliphatic heterocycles. The first-order valence-electron chi connectivity index (χ1n) is 10.3. The summed E-state index contributed by atoms with van der Waals surface area (Å²) >= 11 is 0. The van der Waals surface area contributed by atoms with E-state index < -0.39 is 11.8 Å². The van der Waals surface area contributed by atoms with Crippen molar-refractivity contribution in [2.24, 2.45) is 5.73 Å². The average Bonchev–Trinajstić information content (AvgIpc) is 3.29. The van der Waals surface area contributed by atoms with E-state index in [0.717, 1.165) is 11.3 Å². The van der Waals surface area contributed by atoms with Gasteiger partial charge in [-0.15, -0.1) is 0 Å². The van der Waals surface area contributed by atoms with Crippen molar-refractivity contribution in [3.05, 3.63) is 53.2 Å². The second kappa shape index (κ2) is 7.99. The quantitative estimate of drug-likeness (QED) is 0.648. The molecule has 4 rings (SSSR count). The summed E-state index contributed by atoms with van der Waals surface area (Å²) in [5, 5.41) is 3.36. The van der Waals surface area contributed by atoms with Crippen LogP contribution in [-0.2, 0) is 6.54 Å². The molecule has 3 heterocycles. The molecule has 1 saturated heterocycles. The topological polar surface area (TPSA) is 102 Å². The van der Waals surface area contributed by atoms with Gasteiger partial charge in [-0.1, -0.05) is 12.5 Å². The Labute approximate surface area is 175 Å². The average molecular weight is 409 g/mol. The number of piperidine rings is 1. The van der Waals surface area contributed by atoms with Crippen molar-refractivity contribution in [2.45, 2.75) is 58.7 Å². The Morgan fingerprint density at radius 1 is 1.13 bits per heavy atom. The molecular formula is C23H27N3O4. The van der Waals surface area contributed by atoms with Crippen LogP contribution < -0.4 is 11.1 Å². The van der Waals surface area contributed by atoms with Gasteiger partial charge in [-0.2, -0.15) is 0 Å². The zero-order chi connectivity index (χ0) is 21.4. The molecule has 0 saturated carbocycles. The van der Waals surface area contributed by atoms with E-state index in [1.165, 1.54) is 19.3 Å². The molecule has 1 fully saturated rings. The molecule has 0 spiro atoms. The maximum absolute atomic E-state index is 12.8. The molecule has 1 aromatic carbocycles. The molecule has 7 heteroatoms. The van der Waals surface area contributed by atoms with Gasteiger partial charge < -0.3 is 19.9 Å². The van der Waals surface area contributed by atoms with Crippen molar-refractivity contribution < 1.29 is 18.4 Å². The number of amides is 2. The fourth-order valence-corrected chi connectivity index (χ4v) is 4.23. The number of fused-ring (bicyclic) bond motifs is 1. The summed E-state index contributed by atoms with van der Waals surface area (Å²) in [7, 11) is 0. The summed E-state index contributed by atoms with van der Waals surface area (Å²) < 4.78 is 11.4. The lowest BCUT2D eigenvalue weighted by atomic mass is 9.97. The van der Waals surface area contributed by atoms with Crippen LogP contribution in [0.5, 0.6) is 0 Å². The van der Waals surface area contributed by atoms with Gasteiger partial charge in [0.1, 0.15) is 17.0 Å². The zero-order valence-corrected chi connectivity index (χ0v) is 17.5. The maximum Gasteiger partial charge on any atom is 0.291 e. The molecule has 30 heavy (non-hydrogen) atoms. The normalized spacial score (nSPS) is 19.8. The highest BCUT2D eigenvalue weighted by Crippen LogP contribution is 2.32. The summed E-state index contributed by atoms with van der Waals surface area (Å²) in [6.45, 7) is 7.03. The van der Waals surface area contributed by atoms with E-state index in [1.807, 2.05) is 19.1 Å². The van der Waals surface area contributed by atoms with Gasteiger partial charge in [0.25, 0.3) is 11.8 Å². The maximum atomic E-state index is 12.8. The first kappa shape index (κ1) is 20.2. The minimum Gasteiger partial charge on any atom is -0.455 e. The van der Waals surface area contributed by atoms with Gasteiger partial charge in [-0.05, 0) is 63.4 Å². The first-order chi connectivity index (χ1) is 14.3. The van der Waals surface area contributed by atoms with E-state index in [-0.39, 0.29) is 17.2 Å². The van der Waals surface area contributed by atoms with E-state index >= 15 is 0 Å². The predicted molar refractivity (Wildman–Crippen MR) is 114 cm³/mol. The minimum atomic E-state index is -0.743. The van der Waals surface area contributed by atoms with Crippen molar-refractivity contribution in [3.8, 4) is 0 Å². The standard InChI is InChI=1S/C23H27N3O4/c1-13-7-9-17-19(11-13)30-21(22(24)27)20(17)25-23(28)18-10-8-16(29-18)12-26-14(2)5-4-6-15(26)3/h7-11,14-15H,4-6,12H2,1-3H3,(H2,24,27)(H,25,28). The number of anilines is 1. The highest BCUT2D eigenvalue weighted by atomic mass is 16.4. The fraction of sp³-hybridized carbons (Fsp3) is 0.391. The Hall–Kier alpha value is -3.06. The number of nitrogens with zero attached hydrogens (tertiary/aromatic N) is 1. The van der Waals surface area contributed by atoms with Crippen LogP contribution in [0.25, 0.3) is 11.0 Å². The van der Waals surface area contributed by atoms with Gasteiger partial charge in [0.15, 0.2) is 5.76 Å². The van der Waals surface area contributed by atoms with Gasteiger partial charge in [0.05, 0.1) is 6.54 Å². The van der Waals surface area contributed by atoms with Crippen LogP contribution in [-0.4, -0.2) is 28.8 Å². The van der Waals surface area contributed by atoms with E-state index in [4.69, 9.17) is 14.6 Å². The van der Waals surface area contributed by atoms with Crippen molar-refractivity contribution in [2.75, 3.05) is 5.32 Å². The smallest absolute Gasteiger partial charge is 0.291 e. The number of aryl methyl sites for hydroxylation is 1. The number of benzene rings is 1. The van der Waals surface area contributed by atoms with Crippen LogP contribution >= 0.6 is 0 Å². The summed E-state index contributed by atoms with van der Waals surface area (Å²) in [4.78, 5) is 27.1. The second-order valence-corrected chi connectivity index (χ2v) is 8.19. The number of carbonyl (C=O) groups excluding carboxylic acids is 2. The summed E-state index contributed by atoms with van der Waals surface area (Å²) in [6.07, 6.45) is 3.58. The Bertz CT molecular complexity index is 1090. The largest absolute Gasteiger partial charge is 0.455 e. The van der Waals surface area contributed by atoms with Crippen molar-refractivity contribution in [1.82, 2.24) is 4.90 Å². The van der Waals surface area contributed by atoms with Gasteiger partial charge in [-0.3, -0.25) is 14.5 Å². The van der Waals surface area contributed by atoms with Crippen LogP contribution in [0.1, 0.15) is 65.5 Å². The van der Waals surface area contributed by atoms with E-state index in [9.17, 15) is 9.59 Å². The van der Waals surface area contributed by atoms with Crippen LogP contribution in [0.15, 0.2) is 39.2 Å². The first-order valence-corrected chi connectivity index (χ1v) is 10.3. The molecular weight excluding hydrogens is 382 g/mol. The van der Waals surface area contributed by atoms with E-state index in [0.29, 0.717) is 29.6 Å². The summed E-state index contributed by atoms with van der Waals surface area (Å²) in [5.41, 5.74) is 7.18. The van der Waals surface area contributed by atoms with Crippen molar-refractivity contribution >= 4 is 28.5 Å². The zero-order valence-electron chi connectivity index (χ0n) is 17.5. The highest BCUT2D eigenvalue weighted by Gasteiger charge is 2.26. The number of likely N-dealkylation sites (tertiary alicyclic amines) is 1. The summed E-state index contributed by atoms with van der Waals surface area (Å²) in [5.74, 6) is -0.353. The molecule has 2 atom stereocenters. The number of primary amides is 1. The molecule has 3 N–H and O–H groups in total. The SMILES string of the molecule is Cc1ccc2c(NC(=O)c3ccc(CN4C(C)CCCC4C)o3)c(C(N)=O)oc2c1. The second-order valence-electron chi connectivity index (χ2n) is 8.19. The number of rotatable bonds is 5. The Balaban J connectivity index is 1.55. The third-order valence-electron chi connectivity index (χ3n) is 5.91. The molecule has 3 aromatic rings. The number of nitrogens with one attached hydrogen (secondary N) is 1. The minimum absolute atomic E-state index is 0.0771.